The number of hydrogen-bond acceptors (Lipinski definition) is 4. The molecule has 0 bridgehead atoms. The first kappa shape index (κ1) is 16.3. The molecule has 1 fully saturated rings. The summed E-state index contributed by atoms with van der Waals surface area (Å²) in [6, 6.07) is 11.1. The Kier molecular flexibility index (Phi) is 4.69. The van der Waals surface area contributed by atoms with Crippen molar-refractivity contribution in [3.8, 4) is 5.75 Å². The number of carbonyl (C=O) groups excluding carboxylic acids is 1. The fourth-order valence-electron chi connectivity index (χ4n) is 2.84. The van der Waals surface area contributed by atoms with E-state index in [4.69, 9.17) is 9.15 Å². The zero-order valence-electron chi connectivity index (χ0n) is 14.0. The van der Waals surface area contributed by atoms with E-state index in [0.29, 0.717) is 31.0 Å². The van der Waals surface area contributed by atoms with Crippen molar-refractivity contribution in [1.82, 2.24) is 4.90 Å². The third-order valence-electron chi connectivity index (χ3n) is 4.24. The molecule has 24 heavy (non-hydrogen) atoms. The maximum absolute atomic E-state index is 12.2. The van der Waals surface area contributed by atoms with Gasteiger partial charge in [-0.25, -0.2) is 4.79 Å². The van der Waals surface area contributed by atoms with Crippen LogP contribution in [0.25, 0.3) is 0 Å². The standard InChI is InChI=1S/C19H21NO4/c1-13-5-3-4-6-15(13)7-8-18(21)20-11-17(12-20)24-16-9-14(2)23-19(22)10-16/h3-6,9-10,17H,7-8,11-12H2,1-2H3. The van der Waals surface area contributed by atoms with Gasteiger partial charge in [-0.1, -0.05) is 24.3 Å². The van der Waals surface area contributed by atoms with E-state index < -0.39 is 5.63 Å². The Morgan fingerprint density at radius 1 is 1.25 bits per heavy atom. The van der Waals surface area contributed by atoms with Crippen molar-refractivity contribution in [3.63, 3.8) is 0 Å². The summed E-state index contributed by atoms with van der Waals surface area (Å²) in [7, 11) is 0. The molecule has 5 heteroatoms. The quantitative estimate of drug-likeness (QED) is 0.846. The molecule has 0 N–H and O–H groups in total. The van der Waals surface area contributed by atoms with Crippen LogP contribution in [-0.2, 0) is 11.2 Å². The SMILES string of the molecule is Cc1cc(OC2CN(C(=O)CCc3ccccc3C)C2)cc(=O)o1. The number of likely N-dealkylation sites (tertiary alicyclic amines) is 1. The van der Waals surface area contributed by atoms with Crippen LogP contribution in [0.4, 0.5) is 0 Å². The molecule has 0 spiro atoms. The molecular weight excluding hydrogens is 306 g/mol. The summed E-state index contributed by atoms with van der Waals surface area (Å²) in [6.07, 6.45) is 1.20. The molecule has 1 aromatic heterocycles. The molecule has 1 amide bonds. The Morgan fingerprint density at radius 3 is 2.71 bits per heavy atom. The topological polar surface area (TPSA) is 59.8 Å². The Labute approximate surface area is 140 Å². The molecule has 2 heterocycles. The van der Waals surface area contributed by atoms with Gasteiger partial charge in [0.2, 0.25) is 5.91 Å². The van der Waals surface area contributed by atoms with E-state index in [1.54, 1.807) is 17.9 Å². The lowest BCUT2D eigenvalue weighted by molar-refractivity contribution is -0.139. The fraction of sp³-hybridized carbons (Fsp3) is 0.368. The van der Waals surface area contributed by atoms with Crippen LogP contribution in [-0.4, -0.2) is 30.0 Å². The molecule has 0 aliphatic carbocycles. The summed E-state index contributed by atoms with van der Waals surface area (Å²) in [5.74, 6) is 1.16. The van der Waals surface area contributed by atoms with Crippen LogP contribution >= 0.6 is 0 Å². The van der Waals surface area contributed by atoms with Crippen molar-refractivity contribution in [2.45, 2.75) is 32.8 Å². The van der Waals surface area contributed by atoms with Crippen molar-refractivity contribution < 1.29 is 13.9 Å². The van der Waals surface area contributed by atoms with E-state index in [0.717, 1.165) is 6.42 Å². The van der Waals surface area contributed by atoms with Gasteiger partial charge in [0.05, 0.1) is 19.2 Å². The molecule has 0 unspecified atom stereocenters. The Balaban J connectivity index is 1.47. The molecule has 3 rings (SSSR count). The van der Waals surface area contributed by atoms with Gasteiger partial charge in [0.25, 0.3) is 0 Å². The van der Waals surface area contributed by atoms with Gasteiger partial charge in [0.1, 0.15) is 17.6 Å². The van der Waals surface area contributed by atoms with Crippen LogP contribution in [0, 0.1) is 13.8 Å². The van der Waals surface area contributed by atoms with Gasteiger partial charge in [-0.05, 0) is 31.4 Å². The van der Waals surface area contributed by atoms with Crippen molar-refractivity contribution >= 4 is 5.91 Å². The zero-order chi connectivity index (χ0) is 17.1. The molecule has 0 saturated carbocycles. The Bertz CT molecular complexity index is 790. The smallest absolute Gasteiger partial charge is 0.339 e. The first-order valence-electron chi connectivity index (χ1n) is 8.12. The molecule has 126 valence electrons. The van der Waals surface area contributed by atoms with Crippen molar-refractivity contribution in [2.24, 2.45) is 0 Å². The van der Waals surface area contributed by atoms with Crippen LogP contribution in [0.5, 0.6) is 5.75 Å². The number of rotatable bonds is 5. The minimum absolute atomic E-state index is 0.0615. The summed E-state index contributed by atoms with van der Waals surface area (Å²) in [5, 5.41) is 0. The van der Waals surface area contributed by atoms with Crippen molar-refractivity contribution in [2.75, 3.05) is 13.1 Å². The summed E-state index contributed by atoms with van der Waals surface area (Å²) in [4.78, 5) is 25.3. The van der Waals surface area contributed by atoms with Gasteiger partial charge in [-0.15, -0.1) is 0 Å². The van der Waals surface area contributed by atoms with E-state index >= 15 is 0 Å². The third-order valence-corrected chi connectivity index (χ3v) is 4.24. The number of ether oxygens (including phenoxy) is 1. The molecule has 0 radical (unpaired) electrons. The summed E-state index contributed by atoms with van der Waals surface area (Å²) in [6.45, 7) is 4.89. The first-order chi connectivity index (χ1) is 11.5. The summed E-state index contributed by atoms with van der Waals surface area (Å²) < 4.78 is 10.6. The lowest BCUT2D eigenvalue weighted by atomic mass is 10.0. The van der Waals surface area contributed by atoms with Gasteiger partial charge < -0.3 is 14.1 Å². The van der Waals surface area contributed by atoms with E-state index in [-0.39, 0.29) is 12.0 Å². The van der Waals surface area contributed by atoms with Crippen LogP contribution < -0.4 is 10.4 Å². The molecule has 1 aromatic carbocycles. The minimum Gasteiger partial charge on any atom is -0.486 e. The maximum atomic E-state index is 12.2. The molecular formula is C19H21NO4. The van der Waals surface area contributed by atoms with E-state index in [1.165, 1.54) is 17.2 Å². The summed E-state index contributed by atoms with van der Waals surface area (Å²) >= 11 is 0. The Morgan fingerprint density at radius 2 is 2.00 bits per heavy atom. The average molecular weight is 327 g/mol. The predicted octanol–water partition coefficient (Wildman–Crippen LogP) is 2.48. The molecule has 1 aliphatic heterocycles. The highest BCUT2D eigenvalue weighted by molar-refractivity contribution is 5.77. The zero-order valence-corrected chi connectivity index (χ0v) is 14.0. The van der Waals surface area contributed by atoms with Gasteiger partial charge in [-0.3, -0.25) is 4.79 Å². The second-order valence-corrected chi connectivity index (χ2v) is 6.19. The number of aryl methyl sites for hydroxylation is 3. The lowest BCUT2D eigenvalue weighted by Crippen LogP contribution is -2.56. The second kappa shape index (κ2) is 6.91. The normalized spacial score (nSPS) is 14.3. The van der Waals surface area contributed by atoms with E-state index in [9.17, 15) is 9.59 Å². The number of carbonyl (C=O) groups is 1. The lowest BCUT2D eigenvalue weighted by Gasteiger charge is -2.39. The van der Waals surface area contributed by atoms with Crippen molar-refractivity contribution in [1.29, 1.82) is 0 Å². The molecule has 2 aromatic rings. The largest absolute Gasteiger partial charge is 0.486 e. The number of hydrogen-bond donors (Lipinski definition) is 0. The van der Waals surface area contributed by atoms with Crippen LogP contribution in [0.15, 0.2) is 45.6 Å². The van der Waals surface area contributed by atoms with E-state index in [2.05, 4.69) is 19.1 Å². The Hall–Kier alpha value is -2.56. The molecule has 1 saturated heterocycles. The van der Waals surface area contributed by atoms with Gasteiger partial charge in [0, 0.05) is 12.5 Å². The maximum Gasteiger partial charge on any atom is 0.339 e. The highest BCUT2D eigenvalue weighted by Crippen LogP contribution is 2.19. The van der Waals surface area contributed by atoms with Crippen LogP contribution in [0.2, 0.25) is 0 Å². The monoisotopic (exact) mass is 327 g/mol. The number of nitrogens with zero attached hydrogens (tertiary/aromatic N) is 1. The van der Waals surface area contributed by atoms with Gasteiger partial charge in [-0.2, -0.15) is 0 Å². The molecule has 5 nitrogen and oxygen atoms in total. The molecule has 1 aliphatic rings. The first-order valence-corrected chi connectivity index (χ1v) is 8.12. The second-order valence-electron chi connectivity index (χ2n) is 6.19. The van der Waals surface area contributed by atoms with Gasteiger partial charge >= 0.3 is 5.63 Å². The number of amides is 1. The minimum atomic E-state index is -0.421. The van der Waals surface area contributed by atoms with Gasteiger partial charge in [0.15, 0.2) is 0 Å². The van der Waals surface area contributed by atoms with Crippen LogP contribution in [0.1, 0.15) is 23.3 Å². The van der Waals surface area contributed by atoms with Crippen LogP contribution in [0.3, 0.4) is 0 Å². The summed E-state index contributed by atoms with van der Waals surface area (Å²) in [5.41, 5.74) is 2.01. The number of benzene rings is 1. The van der Waals surface area contributed by atoms with E-state index in [1.807, 2.05) is 12.1 Å². The van der Waals surface area contributed by atoms with Crippen molar-refractivity contribution in [3.05, 3.63) is 63.7 Å². The predicted molar refractivity (Wildman–Crippen MR) is 90.2 cm³/mol. The third kappa shape index (κ3) is 3.85. The highest BCUT2D eigenvalue weighted by atomic mass is 16.5. The molecule has 0 atom stereocenters. The average Bonchev–Trinajstić information content (AvgIpc) is 2.48. The fourth-order valence-corrected chi connectivity index (χ4v) is 2.84. The highest BCUT2D eigenvalue weighted by Gasteiger charge is 2.32.